The molecule has 1 aliphatic heterocycles. The molecule has 1 aliphatic carbocycles. The lowest BCUT2D eigenvalue weighted by Crippen LogP contribution is -2.39. The maximum atomic E-state index is 5.66. The van der Waals surface area contributed by atoms with Gasteiger partial charge in [0.1, 0.15) is 0 Å². The lowest BCUT2D eigenvalue weighted by Gasteiger charge is -2.38. The normalized spacial score (nSPS) is 28.2. The summed E-state index contributed by atoms with van der Waals surface area (Å²) in [6.45, 7) is 7.16. The second kappa shape index (κ2) is 7.91. The zero-order valence-electron chi connectivity index (χ0n) is 12.5. The van der Waals surface area contributed by atoms with Crippen LogP contribution < -0.4 is 5.32 Å². The maximum absolute atomic E-state index is 5.66. The quantitative estimate of drug-likeness (QED) is 0.732. The zero-order chi connectivity index (χ0) is 13.5. The van der Waals surface area contributed by atoms with Crippen LogP contribution in [-0.2, 0) is 9.47 Å². The third-order valence-corrected chi connectivity index (χ3v) is 4.21. The summed E-state index contributed by atoms with van der Waals surface area (Å²) in [5, 5.41) is 3.70. The van der Waals surface area contributed by atoms with Crippen molar-refractivity contribution in [2.45, 2.75) is 64.5 Å². The van der Waals surface area contributed by atoms with E-state index >= 15 is 0 Å². The number of hydrogen-bond acceptors (Lipinski definition) is 3. The highest BCUT2D eigenvalue weighted by Crippen LogP contribution is 2.35. The van der Waals surface area contributed by atoms with Crippen LogP contribution in [0.4, 0.5) is 0 Å². The first-order chi connectivity index (χ1) is 9.33. The Kier molecular flexibility index (Phi) is 6.18. The lowest BCUT2D eigenvalue weighted by atomic mass is 9.76. The van der Waals surface area contributed by atoms with E-state index in [-0.39, 0.29) is 0 Å². The molecule has 0 aromatic rings. The number of nitrogens with one attached hydrogen (secondary N) is 1. The minimum absolute atomic E-state index is 0.521. The Morgan fingerprint density at radius 2 is 2.26 bits per heavy atom. The van der Waals surface area contributed by atoms with Crippen LogP contribution in [0.1, 0.15) is 52.4 Å². The molecule has 0 aromatic heterocycles. The Morgan fingerprint density at radius 1 is 1.42 bits per heavy atom. The van der Waals surface area contributed by atoms with Gasteiger partial charge in [0.15, 0.2) is 0 Å². The molecule has 1 atom stereocenters. The first-order valence-corrected chi connectivity index (χ1v) is 7.99. The van der Waals surface area contributed by atoms with Crippen LogP contribution >= 0.6 is 0 Å². The summed E-state index contributed by atoms with van der Waals surface area (Å²) < 4.78 is 11.2. The highest BCUT2D eigenvalue weighted by molar-refractivity contribution is 5.11. The zero-order valence-corrected chi connectivity index (χ0v) is 12.5. The Morgan fingerprint density at radius 3 is 2.89 bits per heavy atom. The van der Waals surface area contributed by atoms with Crippen molar-refractivity contribution >= 4 is 0 Å². The Bertz CT molecular complexity index is 284. The molecule has 1 N–H and O–H groups in total. The van der Waals surface area contributed by atoms with Crippen molar-refractivity contribution in [3.63, 3.8) is 0 Å². The van der Waals surface area contributed by atoms with Gasteiger partial charge in [-0.2, -0.15) is 0 Å². The lowest BCUT2D eigenvalue weighted by molar-refractivity contribution is -0.0283. The van der Waals surface area contributed by atoms with E-state index in [9.17, 15) is 0 Å². The van der Waals surface area contributed by atoms with Crippen LogP contribution in [0.2, 0.25) is 0 Å². The highest BCUT2D eigenvalue weighted by Gasteiger charge is 2.32. The molecule has 1 unspecified atom stereocenters. The molecule has 1 heterocycles. The molecule has 0 bridgehead atoms. The molecular formula is C16H29NO2. The van der Waals surface area contributed by atoms with E-state index in [1.807, 2.05) is 6.26 Å². The molecule has 0 saturated heterocycles. The maximum Gasteiger partial charge on any atom is 0.0876 e. The second-order valence-corrected chi connectivity index (χ2v) is 5.82. The molecule has 2 aliphatic rings. The van der Waals surface area contributed by atoms with E-state index in [2.05, 4.69) is 19.2 Å². The van der Waals surface area contributed by atoms with E-state index in [4.69, 9.17) is 9.47 Å². The first-order valence-electron chi connectivity index (χ1n) is 7.99. The molecular weight excluding hydrogens is 238 g/mol. The molecule has 1 fully saturated rings. The van der Waals surface area contributed by atoms with Crippen LogP contribution in [-0.4, -0.2) is 31.9 Å². The summed E-state index contributed by atoms with van der Waals surface area (Å²) >= 11 is 0. The summed E-state index contributed by atoms with van der Waals surface area (Å²) in [6, 6.07) is 0.521. The van der Waals surface area contributed by atoms with Gasteiger partial charge in [0.05, 0.1) is 19.0 Å². The van der Waals surface area contributed by atoms with Crippen LogP contribution in [0.5, 0.6) is 0 Å². The van der Waals surface area contributed by atoms with Gasteiger partial charge >= 0.3 is 0 Å². The predicted octanol–water partition coefficient (Wildman–Crippen LogP) is 3.25. The minimum atomic E-state index is 0.521. The SMILES string of the molecule is CCCNC(CC1CC(OCC)C1)C1=COCCC1. The molecule has 19 heavy (non-hydrogen) atoms. The molecule has 3 heteroatoms. The van der Waals surface area contributed by atoms with Crippen molar-refractivity contribution < 1.29 is 9.47 Å². The van der Waals surface area contributed by atoms with Crippen LogP contribution in [0.25, 0.3) is 0 Å². The fourth-order valence-corrected chi connectivity index (χ4v) is 3.10. The smallest absolute Gasteiger partial charge is 0.0876 e. The molecule has 2 rings (SSSR count). The van der Waals surface area contributed by atoms with Crippen molar-refractivity contribution in [2.24, 2.45) is 5.92 Å². The summed E-state index contributed by atoms with van der Waals surface area (Å²) in [7, 11) is 0. The fourth-order valence-electron chi connectivity index (χ4n) is 3.10. The van der Waals surface area contributed by atoms with Gasteiger partial charge in [-0.15, -0.1) is 0 Å². The number of rotatable bonds is 8. The molecule has 0 spiro atoms. The summed E-state index contributed by atoms with van der Waals surface area (Å²) in [5.74, 6) is 0.828. The van der Waals surface area contributed by atoms with Crippen molar-refractivity contribution in [1.29, 1.82) is 0 Å². The first kappa shape index (κ1) is 14.9. The van der Waals surface area contributed by atoms with E-state index in [0.29, 0.717) is 12.1 Å². The third-order valence-electron chi connectivity index (χ3n) is 4.21. The fraction of sp³-hybridized carbons (Fsp3) is 0.875. The van der Waals surface area contributed by atoms with Gasteiger partial charge in [0, 0.05) is 12.6 Å². The number of ether oxygens (including phenoxy) is 2. The summed E-state index contributed by atoms with van der Waals surface area (Å²) in [5.41, 5.74) is 1.47. The summed E-state index contributed by atoms with van der Waals surface area (Å²) in [6.07, 6.45) is 9.83. The summed E-state index contributed by atoms with van der Waals surface area (Å²) in [4.78, 5) is 0. The molecule has 0 amide bonds. The minimum Gasteiger partial charge on any atom is -0.501 e. The molecule has 0 aromatic carbocycles. The van der Waals surface area contributed by atoms with E-state index in [1.54, 1.807) is 0 Å². The topological polar surface area (TPSA) is 30.5 Å². The van der Waals surface area contributed by atoms with Gasteiger partial charge < -0.3 is 14.8 Å². The van der Waals surface area contributed by atoms with Gasteiger partial charge in [-0.3, -0.25) is 0 Å². The van der Waals surface area contributed by atoms with Crippen molar-refractivity contribution in [3.05, 3.63) is 11.8 Å². The largest absolute Gasteiger partial charge is 0.501 e. The molecule has 3 nitrogen and oxygen atoms in total. The Labute approximate surface area is 117 Å². The highest BCUT2D eigenvalue weighted by atomic mass is 16.5. The third kappa shape index (κ3) is 4.50. The number of hydrogen-bond donors (Lipinski definition) is 1. The van der Waals surface area contributed by atoms with Gasteiger partial charge in [0.2, 0.25) is 0 Å². The monoisotopic (exact) mass is 267 g/mol. The van der Waals surface area contributed by atoms with Crippen molar-refractivity contribution in [1.82, 2.24) is 5.32 Å². The van der Waals surface area contributed by atoms with Crippen molar-refractivity contribution in [2.75, 3.05) is 19.8 Å². The van der Waals surface area contributed by atoms with Gasteiger partial charge in [-0.25, -0.2) is 0 Å². The Hall–Kier alpha value is -0.540. The Balaban J connectivity index is 1.79. The van der Waals surface area contributed by atoms with E-state index in [1.165, 1.54) is 44.1 Å². The average Bonchev–Trinajstić information content (AvgIpc) is 2.41. The van der Waals surface area contributed by atoms with E-state index < -0.39 is 0 Å². The second-order valence-electron chi connectivity index (χ2n) is 5.82. The average molecular weight is 267 g/mol. The van der Waals surface area contributed by atoms with E-state index in [0.717, 1.165) is 25.7 Å². The predicted molar refractivity (Wildman–Crippen MR) is 78.1 cm³/mol. The molecule has 0 radical (unpaired) electrons. The van der Waals surface area contributed by atoms with Crippen LogP contribution in [0.15, 0.2) is 11.8 Å². The standard InChI is InChI=1S/C16H29NO2/c1-3-7-17-16(14-6-5-8-18-12-14)11-13-9-15(10-13)19-4-2/h12-13,15-17H,3-11H2,1-2H3. The van der Waals surface area contributed by atoms with Crippen LogP contribution in [0, 0.1) is 5.92 Å². The van der Waals surface area contributed by atoms with Crippen molar-refractivity contribution in [3.8, 4) is 0 Å². The van der Waals surface area contributed by atoms with Crippen LogP contribution in [0.3, 0.4) is 0 Å². The van der Waals surface area contributed by atoms with Gasteiger partial charge in [0.25, 0.3) is 0 Å². The molecule has 110 valence electrons. The van der Waals surface area contributed by atoms with Gasteiger partial charge in [-0.1, -0.05) is 6.92 Å². The molecule has 1 saturated carbocycles. The van der Waals surface area contributed by atoms with Gasteiger partial charge in [-0.05, 0) is 63.5 Å².